The van der Waals surface area contributed by atoms with Crippen LogP contribution in [0.1, 0.15) is 58.8 Å². The summed E-state index contributed by atoms with van der Waals surface area (Å²) in [5.41, 5.74) is 0. The molecular formula is C16H27NO5. The molecular weight excluding hydrogens is 286 g/mol. The maximum atomic E-state index is 12.4. The Kier molecular flexibility index (Phi) is 8.55. The Morgan fingerprint density at radius 1 is 0.955 bits per heavy atom. The van der Waals surface area contributed by atoms with Crippen molar-refractivity contribution < 1.29 is 23.9 Å². The van der Waals surface area contributed by atoms with Gasteiger partial charge in [0.05, 0.1) is 19.6 Å². The molecule has 0 bridgehead atoms. The molecule has 1 aliphatic carbocycles. The maximum Gasteiger partial charge on any atom is 0.315 e. The van der Waals surface area contributed by atoms with Gasteiger partial charge in [0.2, 0.25) is 5.91 Å². The fourth-order valence-corrected chi connectivity index (χ4v) is 2.79. The zero-order chi connectivity index (χ0) is 16.4. The third-order valence-electron chi connectivity index (χ3n) is 3.80. The number of carbonyl (C=O) groups is 3. The Bertz CT molecular complexity index is 377. The van der Waals surface area contributed by atoms with Crippen LogP contribution in [0, 0.1) is 0 Å². The lowest BCUT2D eigenvalue weighted by atomic mass is 9.94. The van der Waals surface area contributed by atoms with Crippen LogP contribution in [0.25, 0.3) is 0 Å². The average Bonchev–Trinajstić information content (AvgIpc) is 2.49. The molecule has 0 heterocycles. The lowest BCUT2D eigenvalue weighted by Gasteiger charge is -2.34. The fraction of sp³-hybridized carbons (Fsp3) is 0.812. The minimum absolute atomic E-state index is 0.116. The van der Waals surface area contributed by atoms with Crippen LogP contribution in [0.4, 0.5) is 0 Å². The molecule has 1 aliphatic rings. The topological polar surface area (TPSA) is 72.9 Å². The fourth-order valence-electron chi connectivity index (χ4n) is 2.79. The third kappa shape index (κ3) is 6.45. The predicted octanol–water partition coefficient (Wildman–Crippen LogP) is 2.05. The van der Waals surface area contributed by atoms with Gasteiger partial charge in [-0.25, -0.2) is 0 Å². The number of nitrogens with zero attached hydrogens (tertiary/aromatic N) is 1. The Balaban J connectivity index is 2.61. The number of hydrogen-bond donors (Lipinski definition) is 0. The van der Waals surface area contributed by atoms with Gasteiger partial charge in [0.1, 0.15) is 6.42 Å². The van der Waals surface area contributed by atoms with E-state index >= 15 is 0 Å². The van der Waals surface area contributed by atoms with E-state index in [1.807, 2.05) is 0 Å². The van der Waals surface area contributed by atoms with E-state index < -0.39 is 5.97 Å². The molecule has 0 aromatic heterocycles. The summed E-state index contributed by atoms with van der Waals surface area (Å²) >= 11 is 0. The summed E-state index contributed by atoms with van der Waals surface area (Å²) in [4.78, 5) is 37.1. The van der Waals surface area contributed by atoms with Gasteiger partial charge in [0.15, 0.2) is 0 Å². The van der Waals surface area contributed by atoms with Crippen molar-refractivity contribution in [3.05, 3.63) is 0 Å². The molecule has 6 nitrogen and oxygen atoms in total. The van der Waals surface area contributed by atoms with Gasteiger partial charge in [-0.3, -0.25) is 14.4 Å². The van der Waals surface area contributed by atoms with E-state index in [0.29, 0.717) is 13.2 Å². The lowest BCUT2D eigenvalue weighted by molar-refractivity contribution is -0.150. The van der Waals surface area contributed by atoms with E-state index in [1.54, 1.807) is 18.7 Å². The van der Waals surface area contributed by atoms with E-state index in [9.17, 15) is 14.4 Å². The van der Waals surface area contributed by atoms with Gasteiger partial charge in [-0.15, -0.1) is 0 Å². The van der Waals surface area contributed by atoms with Crippen LogP contribution in [0.3, 0.4) is 0 Å². The lowest BCUT2D eigenvalue weighted by Crippen LogP contribution is -2.43. The summed E-state index contributed by atoms with van der Waals surface area (Å²) in [5.74, 6) is -1.08. The molecule has 0 aromatic rings. The molecule has 126 valence electrons. The highest BCUT2D eigenvalue weighted by molar-refractivity contribution is 5.94. The third-order valence-corrected chi connectivity index (χ3v) is 3.80. The van der Waals surface area contributed by atoms with Crippen molar-refractivity contribution in [3.8, 4) is 0 Å². The highest BCUT2D eigenvalue weighted by Crippen LogP contribution is 2.23. The number of amides is 1. The molecule has 1 saturated carbocycles. The maximum absolute atomic E-state index is 12.4. The van der Waals surface area contributed by atoms with Crippen molar-refractivity contribution in [2.75, 3.05) is 19.8 Å². The largest absolute Gasteiger partial charge is 0.466 e. The van der Waals surface area contributed by atoms with E-state index in [1.165, 1.54) is 6.42 Å². The second-order valence-electron chi connectivity index (χ2n) is 5.42. The van der Waals surface area contributed by atoms with Crippen LogP contribution in [-0.4, -0.2) is 48.5 Å². The number of carbonyl (C=O) groups excluding carboxylic acids is 3. The number of rotatable bonds is 8. The molecule has 0 unspecified atom stereocenters. The monoisotopic (exact) mass is 313 g/mol. The molecule has 0 aliphatic heterocycles. The van der Waals surface area contributed by atoms with Crippen molar-refractivity contribution in [1.29, 1.82) is 0 Å². The molecule has 1 rings (SSSR count). The van der Waals surface area contributed by atoms with Crippen molar-refractivity contribution in [1.82, 2.24) is 4.90 Å². The Hall–Kier alpha value is -1.59. The predicted molar refractivity (Wildman–Crippen MR) is 81.1 cm³/mol. The molecule has 0 N–H and O–H groups in total. The van der Waals surface area contributed by atoms with Crippen LogP contribution in [0.15, 0.2) is 0 Å². The van der Waals surface area contributed by atoms with Crippen molar-refractivity contribution in [2.45, 2.75) is 64.8 Å². The summed E-state index contributed by atoms with van der Waals surface area (Å²) in [5, 5.41) is 0. The highest BCUT2D eigenvalue weighted by Gasteiger charge is 2.27. The van der Waals surface area contributed by atoms with Crippen LogP contribution < -0.4 is 0 Å². The first-order valence-electron chi connectivity index (χ1n) is 8.19. The average molecular weight is 313 g/mol. The van der Waals surface area contributed by atoms with E-state index in [0.717, 1.165) is 25.7 Å². The van der Waals surface area contributed by atoms with Crippen molar-refractivity contribution in [2.24, 2.45) is 0 Å². The number of hydrogen-bond acceptors (Lipinski definition) is 5. The molecule has 22 heavy (non-hydrogen) atoms. The second-order valence-corrected chi connectivity index (χ2v) is 5.42. The zero-order valence-electron chi connectivity index (χ0n) is 13.6. The second kappa shape index (κ2) is 10.2. The van der Waals surface area contributed by atoms with Gasteiger partial charge in [-0.2, -0.15) is 0 Å². The standard InChI is InChI=1S/C16H27NO5/c1-3-21-15(19)10-11-17(13-8-6-5-7-9-13)14(18)12-16(20)22-4-2/h13H,3-12H2,1-2H3. The molecule has 0 saturated heterocycles. The normalized spacial score (nSPS) is 15.2. The summed E-state index contributed by atoms with van der Waals surface area (Å²) in [6, 6.07) is 0.116. The van der Waals surface area contributed by atoms with Gasteiger partial charge in [0, 0.05) is 12.6 Å². The van der Waals surface area contributed by atoms with Crippen molar-refractivity contribution in [3.63, 3.8) is 0 Å². The summed E-state index contributed by atoms with van der Waals surface area (Å²) < 4.78 is 9.75. The van der Waals surface area contributed by atoms with Gasteiger partial charge in [0.25, 0.3) is 0 Å². The minimum atomic E-state index is -0.510. The van der Waals surface area contributed by atoms with Crippen LogP contribution >= 0.6 is 0 Å². The van der Waals surface area contributed by atoms with Gasteiger partial charge in [-0.05, 0) is 26.7 Å². The SMILES string of the molecule is CCOC(=O)CCN(C(=O)CC(=O)OCC)C1CCCCC1. The van der Waals surface area contributed by atoms with E-state index in [4.69, 9.17) is 9.47 Å². The first kappa shape index (κ1) is 18.5. The molecule has 0 radical (unpaired) electrons. The summed E-state index contributed by atoms with van der Waals surface area (Å²) in [6.45, 7) is 4.36. The molecule has 0 aromatic carbocycles. The molecule has 6 heteroatoms. The molecule has 1 amide bonds. The van der Waals surface area contributed by atoms with E-state index in [2.05, 4.69) is 0 Å². The Labute approximate surface area is 132 Å². The zero-order valence-corrected chi connectivity index (χ0v) is 13.6. The van der Waals surface area contributed by atoms with Crippen LogP contribution in [0.2, 0.25) is 0 Å². The van der Waals surface area contributed by atoms with Gasteiger partial charge < -0.3 is 14.4 Å². The number of esters is 2. The highest BCUT2D eigenvalue weighted by atomic mass is 16.5. The Morgan fingerprint density at radius 2 is 1.55 bits per heavy atom. The number of ether oxygens (including phenoxy) is 2. The Morgan fingerprint density at radius 3 is 2.14 bits per heavy atom. The first-order chi connectivity index (χ1) is 10.6. The summed E-state index contributed by atoms with van der Waals surface area (Å²) in [6.07, 6.45) is 5.09. The van der Waals surface area contributed by atoms with Gasteiger partial charge in [-0.1, -0.05) is 19.3 Å². The van der Waals surface area contributed by atoms with Gasteiger partial charge >= 0.3 is 11.9 Å². The molecule has 1 fully saturated rings. The smallest absolute Gasteiger partial charge is 0.315 e. The first-order valence-corrected chi connectivity index (χ1v) is 8.19. The molecule has 0 spiro atoms. The van der Waals surface area contributed by atoms with Crippen molar-refractivity contribution >= 4 is 17.8 Å². The molecule has 0 atom stereocenters. The summed E-state index contributed by atoms with van der Waals surface area (Å²) in [7, 11) is 0. The van der Waals surface area contributed by atoms with Crippen LogP contribution in [-0.2, 0) is 23.9 Å². The minimum Gasteiger partial charge on any atom is -0.466 e. The van der Waals surface area contributed by atoms with Crippen LogP contribution in [0.5, 0.6) is 0 Å². The quantitative estimate of drug-likeness (QED) is 0.506. The van der Waals surface area contributed by atoms with E-state index in [-0.39, 0.29) is 37.4 Å².